The van der Waals surface area contributed by atoms with Gasteiger partial charge in [0.25, 0.3) is 0 Å². The molecule has 0 aliphatic heterocycles. The number of hydrogen-bond donors (Lipinski definition) is 0. The van der Waals surface area contributed by atoms with E-state index in [4.69, 9.17) is 14.3 Å². The number of rotatable bonds is 8. The molecule has 0 aliphatic carbocycles. The molecule has 0 saturated heterocycles. The lowest BCUT2D eigenvalue weighted by atomic mass is 10.1. The second kappa shape index (κ2) is 8.92. The van der Waals surface area contributed by atoms with Gasteiger partial charge in [0, 0.05) is 7.05 Å². The van der Waals surface area contributed by atoms with Crippen molar-refractivity contribution < 1.29 is 14.3 Å². The van der Waals surface area contributed by atoms with Gasteiger partial charge >= 0.3 is 0 Å². The van der Waals surface area contributed by atoms with E-state index < -0.39 is 0 Å². The van der Waals surface area contributed by atoms with Gasteiger partial charge in [-0.15, -0.1) is 0 Å². The molecule has 0 bridgehead atoms. The Labute approximate surface area is 148 Å². The van der Waals surface area contributed by atoms with Gasteiger partial charge in [0.2, 0.25) is 0 Å². The summed E-state index contributed by atoms with van der Waals surface area (Å²) in [6.07, 6.45) is 7.30. The fourth-order valence-electron chi connectivity index (χ4n) is 2.47. The molecule has 0 amide bonds. The first kappa shape index (κ1) is 18.6. The zero-order valence-electron chi connectivity index (χ0n) is 15.4. The summed E-state index contributed by atoms with van der Waals surface area (Å²) >= 11 is 0. The van der Waals surface area contributed by atoms with Crippen LogP contribution in [0, 0.1) is 13.8 Å². The minimum absolute atomic E-state index is 0.354. The lowest BCUT2D eigenvalue weighted by molar-refractivity contribution is 0.215. The Morgan fingerprint density at radius 2 is 1.92 bits per heavy atom. The third-order valence-corrected chi connectivity index (χ3v) is 3.71. The molecule has 0 fully saturated rings. The maximum absolute atomic E-state index is 6.02. The van der Waals surface area contributed by atoms with Crippen LogP contribution in [-0.2, 0) is 18.5 Å². The molecule has 1 heterocycles. The van der Waals surface area contributed by atoms with Crippen molar-refractivity contribution in [3.8, 4) is 11.5 Å². The van der Waals surface area contributed by atoms with Gasteiger partial charge in [-0.25, -0.2) is 4.98 Å². The van der Waals surface area contributed by atoms with Crippen molar-refractivity contribution in [2.45, 2.75) is 27.4 Å². The van der Waals surface area contributed by atoms with Gasteiger partial charge in [-0.2, -0.15) is 0 Å². The summed E-state index contributed by atoms with van der Waals surface area (Å²) in [4.78, 5) is 9.12. The fraction of sp³-hybridized carbons (Fsp3) is 0.368. The minimum Gasteiger partial charge on any atom is -0.490 e. The van der Waals surface area contributed by atoms with Crippen LogP contribution in [0.3, 0.4) is 0 Å². The molecule has 0 radical (unpaired) electrons. The quantitative estimate of drug-likeness (QED) is 0.418. The number of oxime groups is 1. The van der Waals surface area contributed by atoms with Gasteiger partial charge in [-0.3, -0.25) is 0 Å². The van der Waals surface area contributed by atoms with E-state index in [2.05, 4.69) is 10.1 Å². The third kappa shape index (κ3) is 4.86. The van der Waals surface area contributed by atoms with Crippen molar-refractivity contribution in [3.05, 3.63) is 53.1 Å². The number of allylic oxidation sites excluding steroid dienone is 1. The molecule has 2 aromatic rings. The first-order valence-electron chi connectivity index (χ1n) is 8.11. The Morgan fingerprint density at radius 3 is 2.56 bits per heavy atom. The van der Waals surface area contributed by atoms with Gasteiger partial charge < -0.3 is 18.9 Å². The second-order valence-electron chi connectivity index (χ2n) is 5.66. The summed E-state index contributed by atoms with van der Waals surface area (Å²) in [5, 5.41) is 3.81. The molecule has 1 aromatic carbocycles. The van der Waals surface area contributed by atoms with E-state index in [0.29, 0.717) is 13.2 Å². The van der Waals surface area contributed by atoms with Gasteiger partial charge in [-0.05, 0) is 44.0 Å². The largest absolute Gasteiger partial charge is 0.490 e. The maximum Gasteiger partial charge on any atom is 0.132 e. The monoisotopic (exact) mass is 343 g/mol. The average Bonchev–Trinajstić information content (AvgIpc) is 2.92. The zero-order chi connectivity index (χ0) is 18.2. The summed E-state index contributed by atoms with van der Waals surface area (Å²) in [6, 6.07) is 3.97. The van der Waals surface area contributed by atoms with E-state index in [0.717, 1.165) is 34.0 Å². The molecule has 0 aliphatic rings. The number of benzene rings is 1. The predicted octanol–water partition coefficient (Wildman–Crippen LogP) is 3.55. The number of nitrogens with zero attached hydrogens (tertiary/aromatic N) is 3. The average molecular weight is 343 g/mol. The van der Waals surface area contributed by atoms with Crippen LogP contribution in [0.5, 0.6) is 11.5 Å². The minimum atomic E-state index is 0.354. The number of aryl methyl sites for hydroxylation is 3. The Balaban J connectivity index is 2.12. The highest BCUT2D eigenvalue weighted by Crippen LogP contribution is 2.29. The molecule has 6 heteroatoms. The second-order valence-corrected chi connectivity index (χ2v) is 5.66. The first-order valence-corrected chi connectivity index (χ1v) is 8.11. The van der Waals surface area contributed by atoms with Crippen molar-refractivity contribution in [2.24, 2.45) is 12.2 Å². The molecule has 0 saturated carbocycles. The smallest absolute Gasteiger partial charge is 0.132 e. The van der Waals surface area contributed by atoms with Crippen molar-refractivity contribution >= 4 is 6.21 Å². The number of aromatic nitrogens is 2. The molecule has 2 rings (SSSR count). The Bertz CT molecular complexity index is 740. The van der Waals surface area contributed by atoms with Crippen LogP contribution in [0.25, 0.3) is 0 Å². The molecule has 0 spiro atoms. The van der Waals surface area contributed by atoms with Crippen LogP contribution >= 0.6 is 0 Å². The van der Waals surface area contributed by atoms with Crippen LogP contribution in [0.15, 0.2) is 35.8 Å². The molecular formula is C19H25N3O3. The molecule has 1 aromatic heterocycles. The lowest BCUT2D eigenvalue weighted by Crippen LogP contribution is -2.04. The van der Waals surface area contributed by atoms with E-state index in [1.54, 1.807) is 12.5 Å². The van der Waals surface area contributed by atoms with E-state index in [1.807, 2.05) is 56.7 Å². The number of hydrogen-bond acceptors (Lipinski definition) is 5. The number of ether oxygens (including phenoxy) is 2. The Hall–Kier alpha value is -2.76. The Morgan fingerprint density at radius 1 is 1.20 bits per heavy atom. The summed E-state index contributed by atoms with van der Waals surface area (Å²) in [5.74, 6) is 1.69. The van der Waals surface area contributed by atoms with Crippen LogP contribution in [0.2, 0.25) is 0 Å². The standard InChI is InChI=1S/C19H25N3O3/c1-6-7-8-24-16-9-14(2)19(15(3)10-16)25-12-17-18(11-21-23-5)22(4)13-20-17/h6-7,9-11,13H,8,12H2,1-5H3/b7-6+,21-11+. The Kier molecular flexibility index (Phi) is 6.62. The summed E-state index contributed by atoms with van der Waals surface area (Å²) in [6.45, 7) is 6.91. The molecule has 0 unspecified atom stereocenters. The van der Waals surface area contributed by atoms with Gasteiger partial charge in [0.1, 0.15) is 37.5 Å². The van der Waals surface area contributed by atoms with E-state index in [-0.39, 0.29) is 0 Å². The van der Waals surface area contributed by atoms with Crippen molar-refractivity contribution in [3.63, 3.8) is 0 Å². The van der Waals surface area contributed by atoms with Gasteiger partial charge in [-0.1, -0.05) is 17.3 Å². The molecule has 0 N–H and O–H groups in total. The van der Waals surface area contributed by atoms with Gasteiger partial charge in [0.05, 0.1) is 18.2 Å². The molecular weight excluding hydrogens is 318 g/mol. The fourth-order valence-corrected chi connectivity index (χ4v) is 2.47. The first-order chi connectivity index (χ1) is 12.1. The summed E-state index contributed by atoms with van der Waals surface area (Å²) < 4.78 is 13.6. The SMILES string of the molecule is C/C=C/COc1cc(C)c(OCc2ncn(C)c2/C=N/OC)c(C)c1. The lowest BCUT2D eigenvalue weighted by Gasteiger charge is -2.14. The zero-order valence-corrected chi connectivity index (χ0v) is 15.4. The van der Waals surface area contributed by atoms with Crippen LogP contribution in [0.1, 0.15) is 29.4 Å². The topological polar surface area (TPSA) is 57.9 Å². The van der Waals surface area contributed by atoms with Crippen LogP contribution in [0.4, 0.5) is 0 Å². The van der Waals surface area contributed by atoms with Crippen molar-refractivity contribution in [1.29, 1.82) is 0 Å². The van der Waals surface area contributed by atoms with Crippen molar-refractivity contribution in [1.82, 2.24) is 9.55 Å². The molecule has 25 heavy (non-hydrogen) atoms. The van der Waals surface area contributed by atoms with Crippen LogP contribution < -0.4 is 9.47 Å². The number of imidazole rings is 1. The predicted molar refractivity (Wildman–Crippen MR) is 98.4 cm³/mol. The van der Waals surface area contributed by atoms with E-state index in [9.17, 15) is 0 Å². The van der Waals surface area contributed by atoms with Crippen molar-refractivity contribution in [2.75, 3.05) is 13.7 Å². The highest BCUT2D eigenvalue weighted by molar-refractivity contribution is 5.78. The molecule has 0 atom stereocenters. The van der Waals surface area contributed by atoms with E-state index in [1.165, 1.54) is 7.11 Å². The highest BCUT2D eigenvalue weighted by atomic mass is 16.6. The maximum atomic E-state index is 6.02. The highest BCUT2D eigenvalue weighted by Gasteiger charge is 2.11. The molecule has 134 valence electrons. The summed E-state index contributed by atoms with van der Waals surface area (Å²) in [7, 11) is 3.41. The van der Waals surface area contributed by atoms with Gasteiger partial charge in [0.15, 0.2) is 0 Å². The third-order valence-electron chi connectivity index (χ3n) is 3.71. The van der Waals surface area contributed by atoms with E-state index >= 15 is 0 Å². The van der Waals surface area contributed by atoms with Crippen LogP contribution in [-0.4, -0.2) is 29.5 Å². The molecule has 6 nitrogen and oxygen atoms in total. The normalized spacial score (nSPS) is 11.4. The summed E-state index contributed by atoms with van der Waals surface area (Å²) in [5.41, 5.74) is 3.70.